The van der Waals surface area contributed by atoms with Gasteiger partial charge in [-0.25, -0.2) is 0 Å². The van der Waals surface area contributed by atoms with E-state index in [0.717, 1.165) is 17.7 Å². The Labute approximate surface area is 141 Å². The molecule has 0 bridgehead atoms. The van der Waals surface area contributed by atoms with Crippen LogP contribution >= 0.6 is 11.8 Å². The molecule has 0 aliphatic heterocycles. The Bertz CT molecular complexity index is 638. The van der Waals surface area contributed by atoms with Crippen molar-refractivity contribution in [2.24, 2.45) is 5.92 Å². The van der Waals surface area contributed by atoms with Gasteiger partial charge in [0.25, 0.3) is 5.91 Å². The molecule has 2 aromatic rings. The minimum atomic E-state index is -0.0718. The number of nitrogens with one attached hydrogen (secondary N) is 1. The number of benzene rings is 1. The van der Waals surface area contributed by atoms with E-state index in [4.69, 9.17) is 4.42 Å². The van der Waals surface area contributed by atoms with Crippen molar-refractivity contribution < 1.29 is 9.21 Å². The van der Waals surface area contributed by atoms with Crippen molar-refractivity contribution in [2.45, 2.75) is 49.3 Å². The topological polar surface area (TPSA) is 42.2 Å². The van der Waals surface area contributed by atoms with E-state index in [2.05, 4.69) is 24.4 Å². The summed E-state index contributed by atoms with van der Waals surface area (Å²) in [5.41, 5.74) is 0.958. The van der Waals surface area contributed by atoms with Crippen molar-refractivity contribution in [1.29, 1.82) is 0 Å². The van der Waals surface area contributed by atoms with Gasteiger partial charge in [0, 0.05) is 22.3 Å². The first kappa shape index (κ1) is 16.2. The van der Waals surface area contributed by atoms with Gasteiger partial charge in [-0.15, -0.1) is 11.8 Å². The minimum absolute atomic E-state index is 0.0718. The molecule has 1 aliphatic rings. The first-order valence-corrected chi connectivity index (χ1v) is 9.27. The van der Waals surface area contributed by atoms with Crippen molar-refractivity contribution in [2.75, 3.05) is 0 Å². The van der Waals surface area contributed by atoms with Gasteiger partial charge < -0.3 is 9.73 Å². The first-order valence-electron chi connectivity index (χ1n) is 8.29. The average Bonchev–Trinajstić information content (AvgIpc) is 3.05. The van der Waals surface area contributed by atoms with Crippen LogP contribution in [0.15, 0.2) is 52.0 Å². The molecule has 4 heteroatoms. The lowest BCUT2D eigenvalue weighted by atomic mass is 9.86. The summed E-state index contributed by atoms with van der Waals surface area (Å²) in [5.74, 6) is 1.68. The van der Waals surface area contributed by atoms with Crippen molar-refractivity contribution >= 4 is 17.7 Å². The predicted molar refractivity (Wildman–Crippen MR) is 93.6 cm³/mol. The molecular formula is C19H23NO2S. The number of carbonyl (C=O) groups is 1. The van der Waals surface area contributed by atoms with E-state index in [-0.39, 0.29) is 11.9 Å². The molecule has 2 atom stereocenters. The molecule has 2 unspecified atom stereocenters. The van der Waals surface area contributed by atoms with Crippen LogP contribution < -0.4 is 5.32 Å². The SMILES string of the molecule is CC1CCCCC1NC(=O)c1occc1CSc1ccccc1. The molecule has 1 fully saturated rings. The van der Waals surface area contributed by atoms with E-state index in [1.807, 2.05) is 24.3 Å². The molecule has 1 amide bonds. The normalized spacial score (nSPS) is 21.1. The predicted octanol–water partition coefficient (Wildman–Crippen LogP) is 4.88. The van der Waals surface area contributed by atoms with Crippen LogP contribution in [0.4, 0.5) is 0 Å². The van der Waals surface area contributed by atoms with Crippen LogP contribution in [0.25, 0.3) is 0 Å². The van der Waals surface area contributed by atoms with E-state index in [0.29, 0.717) is 11.7 Å². The second-order valence-electron chi connectivity index (χ2n) is 6.22. The Hall–Kier alpha value is -1.68. The zero-order valence-corrected chi connectivity index (χ0v) is 14.3. The fraction of sp³-hybridized carbons (Fsp3) is 0.421. The molecule has 1 aromatic heterocycles. The van der Waals surface area contributed by atoms with Gasteiger partial charge in [0.15, 0.2) is 5.76 Å². The van der Waals surface area contributed by atoms with Gasteiger partial charge in [-0.3, -0.25) is 4.79 Å². The second kappa shape index (κ2) is 7.73. The number of carbonyl (C=O) groups excluding carboxylic acids is 1. The number of amides is 1. The highest BCUT2D eigenvalue weighted by atomic mass is 32.2. The van der Waals surface area contributed by atoms with E-state index in [1.165, 1.54) is 24.2 Å². The highest BCUT2D eigenvalue weighted by Crippen LogP contribution is 2.26. The molecule has 0 radical (unpaired) electrons. The highest BCUT2D eigenvalue weighted by Gasteiger charge is 2.25. The van der Waals surface area contributed by atoms with Crippen molar-refractivity contribution in [3.8, 4) is 0 Å². The van der Waals surface area contributed by atoms with Crippen LogP contribution in [0.5, 0.6) is 0 Å². The molecule has 1 heterocycles. The third-order valence-corrected chi connectivity index (χ3v) is 5.58. The molecular weight excluding hydrogens is 306 g/mol. The Morgan fingerprint density at radius 1 is 1.22 bits per heavy atom. The summed E-state index contributed by atoms with van der Waals surface area (Å²) in [6, 6.07) is 12.4. The van der Waals surface area contributed by atoms with Gasteiger partial charge in [0.1, 0.15) is 0 Å². The van der Waals surface area contributed by atoms with Gasteiger partial charge in [-0.2, -0.15) is 0 Å². The number of rotatable bonds is 5. The maximum atomic E-state index is 12.5. The Morgan fingerprint density at radius 2 is 2.00 bits per heavy atom. The first-order chi connectivity index (χ1) is 11.2. The molecule has 0 spiro atoms. The van der Waals surface area contributed by atoms with E-state index < -0.39 is 0 Å². The summed E-state index contributed by atoms with van der Waals surface area (Å²) in [7, 11) is 0. The fourth-order valence-electron chi connectivity index (χ4n) is 3.09. The summed E-state index contributed by atoms with van der Waals surface area (Å²) in [6.45, 7) is 2.22. The lowest BCUT2D eigenvalue weighted by Crippen LogP contribution is -2.41. The quantitative estimate of drug-likeness (QED) is 0.795. The van der Waals surface area contributed by atoms with Crippen molar-refractivity contribution in [3.63, 3.8) is 0 Å². The molecule has 122 valence electrons. The summed E-state index contributed by atoms with van der Waals surface area (Å²) in [5, 5.41) is 3.17. The lowest BCUT2D eigenvalue weighted by molar-refractivity contribution is 0.0881. The Kier molecular flexibility index (Phi) is 5.44. The molecule has 1 N–H and O–H groups in total. The van der Waals surface area contributed by atoms with Crippen LogP contribution in [-0.4, -0.2) is 11.9 Å². The van der Waals surface area contributed by atoms with E-state index in [9.17, 15) is 4.79 Å². The van der Waals surface area contributed by atoms with Crippen LogP contribution in [0, 0.1) is 5.92 Å². The summed E-state index contributed by atoms with van der Waals surface area (Å²) in [4.78, 5) is 13.7. The Morgan fingerprint density at radius 3 is 2.78 bits per heavy atom. The van der Waals surface area contributed by atoms with Crippen LogP contribution in [-0.2, 0) is 5.75 Å². The maximum Gasteiger partial charge on any atom is 0.287 e. The van der Waals surface area contributed by atoms with Crippen LogP contribution in [0.3, 0.4) is 0 Å². The summed E-state index contributed by atoms with van der Waals surface area (Å²) >= 11 is 1.72. The fourth-order valence-corrected chi connectivity index (χ4v) is 3.99. The monoisotopic (exact) mass is 329 g/mol. The molecule has 0 saturated heterocycles. The number of hydrogen-bond acceptors (Lipinski definition) is 3. The standard InChI is InChI=1S/C19H23NO2S/c1-14-7-5-6-10-17(14)20-19(21)18-15(11-12-22-18)13-23-16-8-3-2-4-9-16/h2-4,8-9,11-12,14,17H,5-7,10,13H2,1H3,(H,20,21). The van der Waals surface area contributed by atoms with Gasteiger partial charge in [-0.05, 0) is 37.0 Å². The summed E-state index contributed by atoms with van der Waals surface area (Å²) < 4.78 is 5.47. The highest BCUT2D eigenvalue weighted by molar-refractivity contribution is 7.98. The maximum absolute atomic E-state index is 12.5. The molecule has 3 rings (SSSR count). The average molecular weight is 329 g/mol. The third-order valence-electron chi connectivity index (χ3n) is 4.52. The van der Waals surface area contributed by atoms with Gasteiger partial charge in [0.2, 0.25) is 0 Å². The van der Waals surface area contributed by atoms with E-state index in [1.54, 1.807) is 18.0 Å². The molecule has 1 saturated carbocycles. The van der Waals surface area contributed by atoms with Gasteiger partial charge in [-0.1, -0.05) is 38.0 Å². The molecule has 1 aromatic carbocycles. The number of hydrogen-bond donors (Lipinski definition) is 1. The second-order valence-corrected chi connectivity index (χ2v) is 7.27. The van der Waals surface area contributed by atoms with Gasteiger partial charge >= 0.3 is 0 Å². The van der Waals surface area contributed by atoms with Crippen molar-refractivity contribution in [1.82, 2.24) is 5.32 Å². The molecule has 3 nitrogen and oxygen atoms in total. The molecule has 1 aliphatic carbocycles. The zero-order chi connectivity index (χ0) is 16.1. The third kappa shape index (κ3) is 4.20. The summed E-state index contributed by atoms with van der Waals surface area (Å²) in [6.07, 6.45) is 6.35. The number of furan rings is 1. The van der Waals surface area contributed by atoms with Crippen LogP contribution in [0.1, 0.15) is 48.7 Å². The van der Waals surface area contributed by atoms with Crippen LogP contribution in [0.2, 0.25) is 0 Å². The van der Waals surface area contributed by atoms with E-state index >= 15 is 0 Å². The smallest absolute Gasteiger partial charge is 0.287 e. The van der Waals surface area contributed by atoms with Crippen molar-refractivity contribution in [3.05, 3.63) is 54.0 Å². The molecule has 23 heavy (non-hydrogen) atoms. The lowest BCUT2D eigenvalue weighted by Gasteiger charge is -2.29. The van der Waals surface area contributed by atoms with Gasteiger partial charge in [0.05, 0.1) is 6.26 Å². The minimum Gasteiger partial charge on any atom is -0.459 e. The largest absolute Gasteiger partial charge is 0.459 e. The Balaban J connectivity index is 1.62. The zero-order valence-electron chi connectivity index (χ0n) is 13.5. The number of thioether (sulfide) groups is 1.